The summed E-state index contributed by atoms with van der Waals surface area (Å²) in [5.41, 5.74) is 1.30. The number of anilines is 1. The molecule has 0 fully saturated rings. The van der Waals surface area contributed by atoms with Crippen LogP contribution >= 0.6 is 0 Å². The van der Waals surface area contributed by atoms with E-state index < -0.39 is 15.9 Å². The molecule has 6 nitrogen and oxygen atoms in total. The fourth-order valence-corrected chi connectivity index (χ4v) is 2.27. The van der Waals surface area contributed by atoms with Crippen molar-refractivity contribution in [1.29, 1.82) is 5.26 Å². The molecule has 0 aliphatic heterocycles. The summed E-state index contributed by atoms with van der Waals surface area (Å²) in [5, 5.41) is 9.50. The molecule has 0 aromatic carbocycles. The van der Waals surface area contributed by atoms with Crippen LogP contribution in [0.4, 0.5) is 10.3 Å². The Labute approximate surface area is 147 Å². The van der Waals surface area contributed by atoms with Gasteiger partial charge >= 0.3 is 0 Å². The zero-order chi connectivity index (χ0) is 19.4. The van der Waals surface area contributed by atoms with Gasteiger partial charge in [-0.05, 0) is 30.4 Å². The highest BCUT2D eigenvalue weighted by molar-refractivity contribution is 7.92. The maximum absolute atomic E-state index is 13.2. The van der Waals surface area contributed by atoms with Crippen LogP contribution in [0.5, 0.6) is 0 Å². The van der Waals surface area contributed by atoms with E-state index in [9.17, 15) is 18.1 Å². The van der Waals surface area contributed by atoms with E-state index in [1.165, 1.54) is 13.1 Å². The summed E-state index contributed by atoms with van der Waals surface area (Å²) in [7, 11) is -2.26. The largest absolute Gasteiger partial charge is 0.241 e. The lowest BCUT2D eigenvalue weighted by atomic mass is 10.00. The van der Waals surface area contributed by atoms with Crippen LogP contribution in [0.25, 0.3) is 5.57 Å². The Morgan fingerprint density at radius 3 is 2.40 bits per heavy atom. The minimum absolute atomic E-state index is 0.0608. The molecule has 1 aromatic heterocycles. The lowest BCUT2D eigenvalue weighted by molar-refractivity contribution is 0.599. The number of nitrogens with zero attached hydrogens (tertiary/aromatic N) is 4. The molecule has 0 unspecified atom stereocenters. The van der Waals surface area contributed by atoms with Gasteiger partial charge in [-0.3, -0.25) is 0 Å². The van der Waals surface area contributed by atoms with E-state index in [1.807, 2.05) is 25.8 Å². The van der Waals surface area contributed by atoms with Gasteiger partial charge in [0.2, 0.25) is 16.0 Å². The fraction of sp³-hybridized carbons (Fsp3) is 0.353. The predicted molar refractivity (Wildman–Crippen MR) is 95.8 cm³/mol. The lowest BCUT2D eigenvalue weighted by Crippen LogP contribution is -2.28. The maximum atomic E-state index is 13.2. The van der Waals surface area contributed by atoms with E-state index in [1.54, 1.807) is 6.92 Å². The number of allylic oxidation sites excluding steroid dienone is 4. The Morgan fingerprint density at radius 2 is 1.96 bits per heavy atom. The molecule has 25 heavy (non-hydrogen) atoms. The van der Waals surface area contributed by atoms with Gasteiger partial charge in [0, 0.05) is 7.05 Å². The quantitative estimate of drug-likeness (QED) is 0.594. The summed E-state index contributed by atoms with van der Waals surface area (Å²) in [4.78, 5) is 8.43. The molecule has 0 saturated carbocycles. The van der Waals surface area contributed by atoms with Crippen LogP contribution in [0.15, 0.2) is 18.0 Å². The third kappa shape index (κ3) is 4.88. The zero-order valence-electron chi connectivity index (χ0n) is 14.7. The molecule has 8 heteroatoms. The second kappa shape index (κ2) is 7.91. The van der Waals surface area contributed by atoms with Crippen molar-refractivity contribution in [1.82, 2.24) is 9.97 Å². The molecular weight excluding hydrogens is 343 g/mol. The van der Waals surface area contributed by atoms with Crippen LogP contribution in [0, 0.1) is 23.7 Å². The highest BCUT2D eigenvalue weighted by Crippen LogP contribution is 2.27. The van der Waals surface area contributed by atoms with Gasteiger partial charge in [-0.2, -0.15) is 9.65 Å². The average Bonchev–Trinajstić information content (AvgIpc) is 2.56. The first-order chi connectivity index (χ1) is 11.5. The van der Waals surface area contributed by atoms with Gasteiger partial charge in [0.25, 0.3) is 0 Å². The fourth-order valence-electron chi connectivity index (χ4n) is 1.89. The van der Waals surface area contributed by atoms with Crippen molar-refractivity contribution in [2.75, 3.05) is 17.6 Å². The molecule has 0 aliphatic carbocycles. The third-order valence-corrected chi connectivity index (χ3v) is 4.51. The highest BCUT2D eigenvalue weighted by Gasteiger charge is 2.22. The molecule has 0 atom stereocenters. The molecule has 0 radical (unpaired) electrons. The number of hydrogen-bond acceptors (Lipinski definition) is 5. The first-order valence-electron chi connectivity index (χ1n) is 7.29. The van der Waals surface area contributed by atoms with Gasteiger partial charge in [0.1, 0.15) is 6.07 Å². The van der Waals surface area contributed by atoms with Crippen molar-refractivity contribution < 1.29 is 12.8 Å². The monoisotopic (exact) mass is 362 g/mol. The van der Waals surface area contributed by atoms with Crippen molar-refractivity contribution in [3.63, 3.8) is 0 Å². The number of hydrogen-bond donors (Lipinski definition) is 0. The molecule has 1 aromatic rings. The maximum Gasteiger partial charge on any atom is 0.239 e. The summed E-state index contributed by atoms with van der Waals surface area (Å²) in [6.07, 6.45) is 8.44. The van der Waals surface area contributed by atoms with Crippen LogP contribution in [-0.4, -0.2) is 31.7 Å². The van der Waals surface area contributed by atoms with Crippen molar-refractivity contribution >= 4 is 21.5 Å². The number of rotatable bonds is 5. The topological polar surface area (TPSA) is 87.0 Å². The summed E-state index contributed by atoms with van der Waals surface area (Å²) in [6, 6.07) is 2.04. The Hall–Kier alpha value is -2.71. The van der Waals surface area contributed by atoms with Gasteiger partial charge in [0.15, 0.2) is 5.83 Å². The smallest absolute Gasteiger partial charge is 0.239 e. The van der Waals surface area contributed by atoms with Crippen molar-refractivity contribution in [3.05, 3.63) is 34.9 Å². The standard InChI is InChI=1S/C17H19FN4O2S/c1-7-13(18)9-8-12(4)16-14(10-19)15(11(2)3)20-17(21-16)22(5)25(6,23)24/h1,8-9,11H,2-6H3. The molecule has 0 bridgehead atoms. The molecular formula is C17H19FN4O2S. The van der Waals surface area contributed by atoms with E-state index in [0.717, 1.165) is 16.6 Å². The van der Waals surface area contributed by atoms with Gasteiger partial charge in [-0.15, -0.1) is 6.42 Å². The van der Waals surface area contributed by atoms with Crippen LogP contribution in [0.3, 0.4) is 0 Å². The second-order valence-electron chi connectivity index (χ2n) is 5.64. The van der Waals surface area contributed by atoms with Crippen molar-refractivity contribution in [2.45, 2.75) is 26.7 Å². The number of nitriles is 1. The van der Waals surface area contributed by atoms with Crippen LogP contribution in [-0.2, 0) is 10.0 Å². The van der Waals surface area contributed by atoms with Crippen molar-refractivity contribution in [3.8, 4) is 18.4 Å². The van der Waals surface area contributed by atoms with Crippen LogP contribution in [0.1, 0.15) is 43.6 Å². The van der Waals surface area contributed by atoms with E-state index in [2.05, 4.69) is 9.97 Å². The molecule has 132 valence electrons. The minimum Gasteiger partial charge on any atom is -0.241 e. The molecule has 0 aliphatic rings. The van der Waals surface area contributed by atoms with Crippen LogP contribution < -0.4 is 4.31 Å². The van der Waals surface area contributed by atoms with Crippen molar-refractivity contribution in [2.24, 2.45) is 0 Å². The Balaban J connectivity index is 3.74. The first-order valence-corrected chi connectivity index (χ1v) is 9.14. The Morgan fingerprint density at radius 1 is 1.36 bits per heavy atom. The van der Waals surface area contributed by atoms with E-state index in [0.29, 0.717) is 11.3 Å². The molecule has 0 spiro atoms. The highest BCUT2D eigenvalue weighted by atomic mass is 32.2. The zero-order valence-corrected chi connectivity index (χ0v) is 15.5. The molecule has 0 saturated heterocycles. The minimum atomic E-state index is -3.58. The number of terminal acetylenes is 1. The van der Waals surface area contributed by atoms with Gasteiger partial charge in [-0.1, -0.05) is 19.9 Å². The Kier molecular flexibility index (Phi) is 6.43. The summed E-state index contributed by atoms with van der Waals surface area (Å²) >= 11 is 0. The number of halogens is 1. The van der Waals surface area contributed by atoms with Gasteiger partial charge in [-0.25, -0.2) is 22.7 Å². The summed E-state index contributed by atoms with van der Waals surface area (Å²) < 4.78 is 37.7. The molecule has 1 heterocycles. The molecule has 0 amide bonds. The van der Waals surface area contributed by atoms with Crippen LogP contribution in [0.2, 0.25) is 0 Å². The summed E-state index contributed by atoms with van der Waals surface area (Å²) in [6.45, 7) is 5.28. The SMILES string of the molecule is C#CC(F)=CC=C(C)c1nc(N(C)S(C)(=O)=O)nc(C(C)C)c1C#N. The number of aromatic nitrogens is 2. The molecule has 1 rings (SSSR count). The normalized spacial score (nSPS) is 12.7. The van der Waals surface area contributed by atoms with E-state index in [-0.39, 0.29) is 23.1 Å². The Bertz CT molecular complexity index is 919. The lowest BCUT2D eigenvalue weighted by Gasteiger charge is -2.19. The summed E-state index contributed by atoms with van der Waals surface area (Å²) in [5.74, 6) is 0.865. The average molecular weight is 362 g/mol. The van der Waals surface area contributed by atoms with Gasteiger partial charge in [0.05, 0.1) is 23.2 Å². The second-order valence-corrected chi connectivity index (χ2v) is 7.65. The number of sulfonamides is 1. The third-order valence-electron chi connectivity index (χ3n) is 3.35. The first kappa shape index (κ1) is 20.3. The predicted octanol–water partition coefficient (Wildman–Crippen LogP) is 2.76. The van der Waals surface area contributed by atoms with E-state index in [4.69, 9.17) is 6.42 Å². The van der Waals surface area contributed by atoms with E-state index >= 15 is 0 Å². The van der Waals surface area contributed by atoms with Gasteiger partial charge < -0.3 is 0 Å². The molecule has 0 N–H and O–H groups in total.